The average molecular weight is 1160 g/mol. The first-order valence-corrected chi connectivity index (χ1v) is 26.7. The number of carboxylic acid groups (broad SMARTS) is 2. The number of Topliss-reactive ketones (excluding diaryl/α,β-unsaturated/α-hetero) is 2. The lowest BCUT2D eigenvalue weighted by Gasteiger charge is -2.41. The van der Waals surface area contributed by atoms with Crippen molar-refractivity contribution in [3.05, 3.63) is 95.8 Å². The number of aromatic nitrogens is 1. The molecule has 1 aliphatic heterocycles. The molecular formula is C57H74F5N7O13. The number of nitrogens with two attached hydrogens (primary N) is 1. The molecule has 1 aliphatic rings. The SMILES string of the molecule is CC(C)[C@H](NC(=O)CCCCCN1C(=O)C=CC1=O)C(=O)C[C@@H](C)C(=O)N[C@@H](CCC(=O)CCCNC(=O)[C@@H](N)CCN(C(=O)CO)[C@@H](c1cc(-c2cc(F)ccc2F)cn1Cc1ccccc1)C(C)(C)C)C(=O)O.O=C(O)C(F)(F)F. The number of alkyl halides is 3. The van der Waals surface area contributed by atoms with Crippen LogP contribution < -0.4 is 21.7 Å². The van der Waals surface area contributed by atoms with Gasteiger partial charge in [0.25, 0.3) is 11.8 Å². The first kappa shape index (κ1) is 68.6. The molecule has 3 aromatic rings. The van der Waals surface area contributed by atoms with Crippen molar-refractivity contribution in [3.63, 3.8) is 0 Å². The molecule has 4 rings (SSSR count). The van der Waals surface area contributed by atoms with Crippen molar-refractivity contribution in [2.75, 3.05) is 26.2 Å². The highest BCUT2D eigenvalue weighted by atomic mass is 19.4. The number of ketones is 2. The van der Waals surface area contributed by atoms with Gasteiger partial charge in [0.15, 0.2) is 5.78 Å². The van der Waals surface area contributed by atoms with Gasteiger partial charge in [-0.2, -0.15) is 13.2 Å². The number of aliphatic hydroxyl groups excluding tert-OH is 1. The maximum absolute atomic E-state index is 15.1. The van der Waals surface area contributed by atoms with E-state index in [1.807, 2.05) is 55.7 Å². The maximum atomic E-state index is 15.1. The van der Waals surface area contributed by atoms with E-state index in [0.717, 1.165) is 28.7 Å². The lowest BCUT2D eigenvalue weighted by atomic mass is 9.82. The molecule has 0 bridgehead atoms. The van der Waals surface area contributed by atoms with Crippen LogP contribution in [0, 0.1) is 28.9 Å². The molecule has 0 saturated heterocycles. The molecule has 5 atom stereocenters. The molecule has 6 amide bonds. The summed E-state index contributed by atoms with van der Waals surface area (Å²) < 4.78 is 63.1. The van der Waals surface area contributed by atoms with E-state index in [9.17, 15) is 70.9 Å². The van der Waals surface area contributed by atoms with E-state index in [2.05, 4.69) is 16.0 Å². The summed E-state index contributed by atoms with van der Waals surface area (Å²) in [7, 11) is 0. The zero-order valence-electron chi connectivity index (χ0n) is 46.7. The number of benzene rings is 2. The fourth-order valence-electron chi connectivity index (χ4n) is 8.91. The molecule has 2 heterocycles. The third-order valence-corrected chi connectivity index (χ3v) is 13.2. The molecule has 0 unspecified atom stereocenters. The van der Waals surface area contributed by atoms with Gasteiger partial charge in [0.1, 0.15) is 30.1 Å². The smallest absolute Gasteiger partial charge is 0.480 e. The summed E-state index contributed by atoms with van der Waals surface area (Å²) >= 11 is 0. The minimum Gasteiger partial charge on any atom is -0.480 e. The van der Waals surface area contributed by atoms with Crippen LogP contribution in [0.3, 0.4) is 0 Å². The minimum atomic E-state index is -5.08. The van der Waals surface area contributed by atoms with Gasteiger partial charge in [0.05, 0.1) is 18.1 Å². The van der Waals surface area contributed by atoms with Gasteiger partial charge in [0.2, 0.25) is 23.6 Å². The number of hydrogen-bond donors (Lipinski definition) is 7. The van der Waals surface area contributed by atoms with Crippen LogP contribution in [0.25, 0.3) is 11.1 Å². The van der Waals surface area contributed by atoms with Crippen LogP contribution in [0.1, 0.15) is 123 Å². The third-order valence-electron chi connectivity index (χ3n) is 13.2. The summed E-state index contributed by atoms with van der Waals surface area (Å²) in [6, 6.07) is 10.1. The van der Waals surface area contributed by atoms with E-state index in [-0.39, 0.29) is 99.6 Å². The van der Waals surface area contributed by atoms with Crippen molar-refractivity contribution in [1.29, 1.82) is 0 Å². The Morgan fingerprint density at radius 3 is 1.99 bits per heavy atom. The largest absolute Gasteiger partial charge is 0.490 e. The second kappa shape index (κ2) is 32.1. The highest BCUT2D eigenvalue weighted by Gasteiger charge is 2.39. The number of hydrogen-bond acceptors (Lipinski definition) is 12. The Morgan fingerprint density at radius 1 is 0.780 bits per heavy atom. The third kappa shape index (κ3) is 22.0. The normalized spacial score (nSPS) is 14.2. The quantitative estimate of drug-likeness (QED) is 0.0228. The van der Waals surface area contributed by atoms with Gasteiger partial charge in [0, 0.05) is 92.9 Å². The van der Waals surface area contributed by atoms with Crippen LogP contribution in [-0.2, 0) is 54.5 Å². The number of aliphatic carboxylic acids is 2. The molecule has 0 spiro atoms. The fraction of sp³-hybridized carbons (Fsp3) is 0.509. The number of unbranched alkanes of at least 4 members (excludes halogenated alkanes) is 2. The van der Waals surface area contributed by atoms with Crippen LogP contribution in [0.15, 0.2) is 72.9 Å². The van der Waals surface area contributed by atoms with Crippen molar-refractivity contribution >= 4 is 58.9 Å². The van der Waals surface area contributed by atoms with Crippen LogP contribution in [0.2, 0.25) is 0 Å². The summed E-state index contributed by atoms with van der Waals surface area (Å²) in [6.07, 6.45) is 0.0520. The Morgan fingerprint density at radius 2 is 1.41 bits per heavy atom. The number of nitrogens with zero attached hydrogens (tertiary/aromatic N) is 3. The number of imide groups is 1. The van der Waals surface area contributed by atoms with Crippen LogP contribution in [0.4, 0.5) is 22.0 Å². The Labute approximate surface area is 472 Å². The predicted octanol–water partition coefficient (Wildman–Crippen LogP) is 5.78. The molecule has 0 aliphatic carbocycles. The Bertz CT molecular complexity index is 2740. The number of amides is 6. The summed E-state index contributed by atoms with van der Waals surface area (Å²) in [5.41, 5.74) is 7.49. The summed E-state index contributed by atoms with van der Waals surface area (Å²) in [5.74, 6) is -10.5. The lowest BCUT2D eigenvalue weighted by molar-refractivity contribution is -0.192. The van der Waals surface area contributed by atoms with Crippen molar-refractivity contribution in [3.8, 4) is 11.1 Å². The maximum Gasteiger partial charge on any atom is 0.490 e. The zero-order chi connectivity index (χ0) is 61.6. The lowest BCUT2D eigenvalue weighted by Crippen LogP contribution is -2.47. The van der Waals surface area contributed by atoms with E-state index in [1.54, 1.807) is 26.1 Å². The number of aliphatic hydroxyl groups is 1. The van der Waals surface area contributed by atoms with E-state index < -0.39 is 95.4 Å². The molecule has 1 aromatic heterocycles. The molecule has 8 N–H and O–H groups in total. The van der Waals surface area contributed by atoms with Gasteiger partial charge in [-0.3, -0.25) is 43.3 Å². The van der Waals surface area contributed by atoms with Crippen LogP contribution in [-0.4, -0.2) is 139 Å². The number of halogens is 5. The molecule has 0 radical (unpaired) electrons. The standard InChI is InChI=1S/C55H73F2N7O11.C2HF3O2/c1-34(2)50(61-46(68)17-11-8-12-26-63-47(69)22-23-48(63)70)45(67)28-35(3)52(72)60-43(54(74)75)21-19-39(66)16-13-25-59-53(73)42(58)24-27-64(49(71)33-65)51(55(4,5)6)44-29-37(40-30-38(56)18-20-41(40)57)32-62(44)31-36-14-9-7-10-15-36;3-2(4,5)1(6)7/h7,9-10,14-15,18,20,22-23,29-30,32,34-35,42-43,50-51,65H,8,11-13,16-17,19,21,24-28,31,33,58H2,1-6H3,(H,59,73)(H,60,72)(H,61,68)(H,74,75);(H,6,7)/t35-,42+,43+,50+,51+;/m1./s1. The number of carbonyl (C=O) groups excluding carboxylic acids is 8. The van der Waals surface area contributed by atoms with Crippen LogP contribution in [0.5, 0.6) is 0 Å². The van der Waals surface area contributed by atoms with Gasteiger partial charge in [-0.05, 0) is 73.3 Å². The molecule has 0 saturated carbocycles. The summed E-state index contributed by atoms with van der Waals surface area (Å²) in [6.45, 7) is 10.3. The van der Waals surface area contributed by atoms with Crippen molar-refractivity contribution in [2.24, 2.45) is 23.0 Å². The highest BCUT2D eigenvalue weighted by Crippen LogP contribution is 2.41. The Hall–Kier alpha value is -7.67. The van der Waals surface area contributed by atoms with Gasteiger partial charge >= 0.3 is 18.1 Å². The molecule has 20 nitrogen and oxygen atoms in total. The second-order valence-corrected chi connectivity index (χ2v) is 21.3. The summed E-state index contributed by atoms with van der Waals surface area (Å²) in [5, 5.41) is 35.0. The molecule has 82 heavy (non-hydrogen) atoms. The van der Waals surface area contributed by atoms with Gasteiger partial charge in [-0.15, -0.1) is 0 Å². The topological polar surface area (TPSA) is 305 Å². The Balaban J connectivity index is 0.00000236. The second-order valence-electron chi connectivity index (χ2n) is 21.3. The summed E-state index contributed by atoms with van der Waals surface area (Å²) in [4.78, 5) is 126. The average Bonchev–Trinajstić information content (AvgIpc) is 4.18. The van der Waals surface area contributed by atoms with Gasteiger partial charge < -0.3 is 46.5 Å². The highest BCUT2D eigenvalue weighted by molar-refractivity contribution is 6.12. The predicted molar refractivity (Wildman–Crippen MR) is 289 cm³/mol. The van der Waals surface area contributed by atoms with Gasteiger partial charge in [-0.1, -0.05) is 78.3 Å². The van der Waals surface area contributed by atoms with Crippen LogP contribution >= 0.6 is 0 Å². The number of rotatable bonds is 31. The number of nitrogens with one attached hydrogen (secondary N) is 3. The fourth-order valence-corrected chi connectivity index (χ4v) is 8.91. The van der Waals surface area contributed by atoms with E-state index in [4.69, 9.17) is 15.6 Å². The molecule has 2 aromatic carbocycles. The van der Waals surface area contributed by atoms with Crippen molar-refractivity contribution < 1.29 is 85.2 Å². The van der Waals surface area contributed by atoms with E-state index in [1.165, 1.54) is 24.0 Å². The Kier molecular flexibility index (Phi) is 26.9. The first-order chi connectivity index (χ1) is 38.3. The minimum absolute atomic E-state index is 0.0257. The van der Waals surface area contributed by atoms with Gasteiger partial charge in [-0.25, -0.2) is 18.4 Å². The number of carbonyl (C=O) groups is 10. The number of carboxylic acids is 2. The molecule has 0 fully saturated rings. The van der Waals surface area contributed by atoms with Crippen molar-refractivity contribution in [2.45, 2.75) is 143 Å². The van der Waals surface area contributed by atoms with E-state index >= 15 is 4.39 Å². The zero-order valence-corrected chi connectivity index (χ0v) is 46.7. The molecule has 25 heteroatoms. The first-order valence-electron chi connectivity index (χ1n) is 26.7. The molecular weight excluding hydrogens is 1090 g/mol. The van der Waals surface area contributed by atoms with E-state index in [0.29, 0.717) is 37.1 Å². The monoisotopic (exact) mass is 1160 g/mol. The molecule has 450 valence electrons. The van der Waals surface area contributed by atoms with Crippen molar-refractivity contribution in [1.82, 2.24) is 30.3 Å².